The Morgan fingerprint density at radius 1 is 1.28 bits per heavy atom. The molecule has 140 valence electrons. The van der Waals surface area contributed by atoms with Gasteiger partial charge >= 0.3 is 0 Å². The maximum atomic E-state index is 5.82. The highest BCUT2D eigenvalue weighted by Crippen LogP contribution is 2.13. The highest BCUT2D eigenvalue weighted by atomic mass is 127. The van der Waals surface area contributed by atoms with Gasteiger partial charge in [0.1, 0.15) is 12.4 Å². The van der Waals surface area contributed by atoms with Crippen LogP contribution in [0.15, 0.2) is 41.4 Å². The molecule has 1 heterocycles. The second-order valence-corrected chi connectivity index (χ2v) is 6.38. The predicted molar refractivity (Wildman–Crippen MR) is 116 cm³/mol. The molecule has 1 aliphatic heterocycles. The van der Waals surface area contributed by atoms with Gasteiger partial charge < -0.3 is 15.8 Å². The molecule has 1 saturated heterocycles. The molecule has 0 aliphatic carbocycles. The van der Waals surface area contributed by atoms with Crippen molar-refractivity contribution < 1.29 is 4.74 Å². The van der Waals surface area contributed by atoms with Crippen LogP contribution < -0.4 is 15.8 Å². The minimum atomic E-state index is 0. The summed E-state index contributed by atoms with van der Waals surface area (Å²) in [6, 6.07) is 8.29. The van der Waals surface area contributed by atoms with Crippen LogP contribution in [0.3, 0.4) is 0 Å². The van der Waals surface area contributed by atoms with Crippen molar-refractivity contribution in [2.24, 2.45) is 10.7 Å². The highest BCUT2D eigenvalue weighted by molar-refractivity contribution is 14.0. The molecular formula is C19H31IN4O. The van der Waals surface area contributed by atoms with E-state index < -0.39 is 0 Å². The Hall–Kier alpha value is -1.28. The molecule has 0 amide bonds. The van der Waals surface area contributed by atoms with E-state index in [1.54, 1.807) is 0 Å². The quantitative estimate of drug-likeness (QED) is 0.259. The fourth-order valence-corrected chi connectivity index (χ4v) is 2.66. The van der Waals surface area contributed by atoms with Gasteiger partial charge in [0, 0.05) is 13.1 Å². The molecule has 2 rings (SSSR count). The van der Waals surface area contributed by atoms with E-state index in [4.69, 9.17) is 10.5 Å². The lowest BCUT2D eigenvalue weighted by Gasteiger charge is -2.15. The molecule has 6 heteroatoms. The third-order valence-corrected chi connectivity index (χ3v) is 4.04. The molecule has 0 unspecified atom stereocenters. The molecule has 0 saturated carbocycles. The largest absolute Gasteiger partial charge is 0.492 e. The molecular weight excluding hydrogens is 427 g/mol. The number of guanidine groups is 1. The lowest BCUT2D eigenvalue weighted by atomic mass is 10.1. The van der Waals surface area contributed by atoms with E-state index >= 15 is 0 Å². The van der Waals surface area contributed by atoms with Crippen LogP contribution in [0.4, 0.5) is 0 Å². The Kier molecular flexibility index (Phi) is 10.6. The van der Waals surface area contributed by atoms with Crippen LogP contribution in [0.2, 0.25) is 0 Å². The van der Waals surface area contributed by atoms with Gasteiger partial charge in [-0.2, -0.15) is 0 Å². The third-order valence-electron chi connectivity index (χ3n) is 4.04. The Balaban J connectivity index is 0.00000312. The van der Waals surface area contributed by atoms with Crippen molar-refractivity contribution in [2.45, 2.75) is 26.2 Å². The molecule has 1 aliphatic rings. The van der Waals surface area contributed by atoms with E-state index in [9.17, 15) is 0 Å². The van der Waals surface area contributed by atoms with Gasteiger partial charge in [0.25, 0.3) is 0 Å². The van der Waals surface area contributed by atoms with Crippen molar-refractivity contribution in [2.75, 3.05) is 39.3 Å². The van der Waals surface area contributed by atoms with Crippen molar-refractivity contribution in [1.82, 2.24) is 10.2 Å². The van der Waals surface area contributed by atoms with E-state index in [0.717, 1.165) is 37.4 Å². The first-order chi connectivity index (χ1) is 11.6. The summed E-state index contributed by atoms with van der Waals surface area (Å²) in [7, 11) is 0. The van der Waals surface area contributed by atoms with E-state index in [1.165, 1.54) is 31.5 Å². The zero-order valence-corrected chi connectivity index (χ0v) is 17.5. The third kappa shape index (κ3) is 9.11. The van der Waals surface area contributed by atoms with Crippen LogP contribution in [0.25, 0.3) is 0 Å². The van der Waals surface area contributed by atoms with Gasteiger partial charge in [-0.1, -0.05) is 24.3 Å². The van der Waals surface area contributed by atoms with Crippen LogP contribution in [0, 0.1) is 0 Å². The highest BCUT2D eigenvalue weighted by Gasteiger charge is 2.10. The van der Waals surface area contributed by atoms with E-state index in [-0.39, 0.29) is 24.0 Å². The van der Waals surface area contributed by atoms with Crippen molar-refractivity contribution in [3.63, 3.8) is 0 Å². The molecule has 5 nitrogen and oxygen atoms in total. The number of likely N-dealkylation sites (tertiary alicyclic amines) is 1. The fraction of sp³-hybridized carbons (Fsp3) is 0.526. The number of aliphatic imine (C=N–C) groups is 1. The number of rotatable bonds is 9. The molecule has 1 fully saturated rings. The average Bonchev–Trinajstić information content (AvgIpc) is 3.08. The van der Waals surface area contributed by atoms with Crippen LogP contribution in [-0.2, 0) is 6.42 Å². The number of nitrogens with two attached hydrogens (primary N) is 1. The van der Waals surface area contributed by atoms with E-state index in [2.05, 4.69) is 33.9 Å². The van der Waals surface area contributed by atoms with Gasteiger partial charge in [0.15, 0.2) is 5.96 Å². The summed E-state index contributed by atoms with van der Waals surface area (Å²) in [4.78, 5) is 6.65. The molecule has 0 radical (unpaired) electrons. The van der Waals surface area contributed by atoms with Gasteiger partial charge in [-0.15, -0.1) is 24.0 Å². The lowest BCUT2D eigenvalue weighted by molar-refractivity contribution is 0.238. The first-order valence-electron chi connectivity index (χ1n) is 8.76. The van der Waals surface area contributed by atoms with Crippen LogP contribution in [0.5, 0.6) is 5.75 Å². The summed E-state index contributed by atoms with van der Waals surface area (Å²) < 4.78 is 5.82. The van der Waals surface area contributed by atoms with Gasteiger partial charge in [-0.3, -0.25) is 4.90 Å². The monoisotopic (exact) mass is 458 g/mol. The molecule has 0 atom stereocenters. The van der Waals surface area contributed by atoms with Crippen molar-refractivity contribution in [3.8, 4) is 5.75 Å². The zero-order chi connectivity index (χ0) is 17.2. The van der Waals surface area contributed by atoms with Crippen molar-refractivity contribution >= 4 is 29.9 Å². The molecule has 25 heavy (non-hydrogen) atoms. The van der Waals surface area contributed by atoms with Crippen LogP contribution in [-0.4, -0.2) is 50.2 Å². The van der Waals surface area contributed by atoms with Gasteiger partial charge in [-0.25, -0.2) is 4.99 Å². The lowest BCUT2D eigenvalue weighted by Crippen LogP contribution is -2.33. The van der Waals surface area contributed by atoms with E-state index in [1.807, 2.05) is 19.1 Å². The van der Waals surface area contributed by atoms with Crippen LogP contribution >= 0.6 is 24.0 Å². The second-order valence-electron chi connectivity index (χ2n) is 6.38. The molecule has 0 spiro atoms. The van der Waals surface area contributed by atoms with Gasteiger partial charge in [0.2, 0.25) is 0 Å². The Morgan fingerprint density at radius 2 is 1.96 bits per heavy atom. The number of halogens is 1. The molecule has 0 bridgehead atoms. The smallest absolute Gasteiger partial charge is 0.188 e. The maximum absolute atomic E-state index is 5.82. The summed E-state index contributed by atoms with van der Waals surface area (Å²) in [5, 5.41) is 3.12. The van der Waals surface area contributed by atoms with Crippen molar-refractivity contribution in [3.05, 3.63) is 42.0 Å². The number of hydrogen-bond donors (Lipinski definition) is 2. The minimum absolute atomic E-state index is 0. The summed E-state index contributed by atoms with van der Waals surface area (Å²) in [6.45, 7) is 11.3. The average molecular weight is 458 g/mol. The number of benzene rings is 1. The molecule has 3 N–H and O–H groups in total. The number of hydrogen-bond acceptors (Lipinski definition) is 3. The Labute approximate surface area is 168 Å². The normalized spacial score (nSPS) is 14.8. The zero-order valence-electron chi connectivity index (χ0n) is 15.2. The SMILES string of the molecule is C=C(C)CN=C(N)NCCc1ccc(OCCN2CCCC2)cc1.I. The fourth-order valence-electron chi connectivity index (χ4n) is 2.66. The number of nitrogens with zero attached hydrogens (tertiary/aromatic N) is 2. The summed E-state index contributed by atoms with van der Waals surface area (Å²) >= 11 is 0. The van der Waals surface area contributed by atoms with Gasteiger partial charge in [-0.05, 0) is 57.0 Å². The minimum Gasteiger partial charge on any atom is -0.492 e. The second kappa shape index (κ2) is 12.1. The Morgan fingerprint density at radius 3 is 2.60 bits per heavy atom. The summed E-state index contributed by atoms with van der Waals surface area (Å²) in [5.74, 6) is 1.41. The Bertz CT molecular complexity index is 539. The van der Waals surface area contributed by atoms with Crippen LogP contribution in [0.1, 0.15) is 25.3 Å². The van der Waals surface area contributed by atoms with E-state index in [0.29, 0.717) is 12.5 Å². The summed E-state index contributed by atoms with van der Waals surface area (Å²) in [5.41, 5.74) is 8.04. The topological polar surface area (TPSA) is 62.9 Å². The molecule has 0 aromatic heterocycles. The van der Waals surface area contributed by atoms with Gasteiger partial charge in [0.05, 0.1) is 6.54 Å². The van der Waals surface area contributed by atoms with Crippen molar-refractivity contribution in [1.29, 1.82) is 0 Å². The summed E-state index contributed by atoms with van der Waals surface area (Å²) in [6.07, 6.45) is 3.55. The number of ether oxygens (including phenoxy) is 1. The number of nitrogens with one attached hydrogen (secondary N) is 1. The maximum Gasteiger partial charge on any atom is 0.188 e. The first kappa shape index (κ1) is 21.8. The predicted octanol–water partition coefficient (Wildman–Crippen LogP) is 2.80. The molecule has 1 aromatic rings. The first-order valence-corrected chi connectivity index (χ1v) is 8.76. The molecule has 1 aromatic carbocycles. The standard InChI is InChI=1S/C19H30N4O.HI/c1-16(2)15-22-19(20)21-10-9-17-5-7-18(8-6-17)24-14-13-23-11-3-4-12-23;/h5-8H,1,3-4,9-15H2,2H3,(H3,20,21,22);1H.